The number of nitrogens with one attached hydrogen (secondary N) is 2. The molecule has 4 rings (SSSR count). The molecular weight excluding hydrogens is 392 g/mol. The van der Waals surface area contributed by atoms with Crippen molar-refractivity contribution in [2.45, 2.75) is 45.7 Å². The minimum absolute atomic E-state index is 0.0760. The van der Waals surface area contributed by atoms with Crippen LogP contribution >= 0.6 is 0 Å². The van der Waals surface area contributed by atoms with Gasteiger partial charge in [-0.15, -0.1) is 5.10 Å². The molecule has 2 heterocycles. The molecule has 0 aliphatic heterocycles. The van der Waals surface area contributed by atoms with E-state index < -0.39 is 0 Å². The van der Waals surface area contributed by atoms with Crippen LogP contribution in [-0.4, -0.2) is 30.9 Å². The molecule has 0 bridgehead atoms. The molecule has 0 saturated heterocycles. The first-order chi connectivity index (χ1) is 15.0. The van der Waals surface area contributed by atoms with Crippen LogP contribution in [0.4, 0.5) is 0 Å². The highest BCUT2D eigenvalue weighted by Gasteiger charge is 2.19. The number of carbonyl (C=O) groups is 1. The summed E-state index contributed by atoms with van der Waals surface area (Å²) in [4.78, 5) is 33.1. The number of H-pyrrole nitrogens is 1. The molecule has 2 aromatic heterocycles. The Labute approximate surface area is 179 Å². The Morgan fingerprint density at radius 3 is 2.61 bits per heavy atom. The molecule has 31 heavy (non-hydrogen) atoms. The third-order valence-electron chi connectivity index (χ3n) is 5.18. The zero-order valence-electron chi connectivity index (χ0n) is 17.7. The van der Waals surface area contributed by atoms with E-state index >= 15 is 0 Å². The maximum absolute atomic E-state index is 12.6. The highest BCUT2D eigenvalue weighted by molar-refractivity contribution is 5.78. The van der Waals surface area contributed by atoms with Crippen molar-refractivity contribution in [1.29, 1.82) is 0 Å². The molecule has 0 unspecified atom stereocenters. The normalized spacial score (nSPS) is 12.5. The van der Waals surface area contributed by atoms with Gasteiger partial charge in [-0.25, -0.2) is 9.67 Å². The number of amides is 1. The van der Waals surface area contributed by atoms with Crippen LogP contribution < -0.4 is 10.9 Å². The van der Waals surface area contributed by atoms with E-state index in [1.54, 1.807) is 18.2 Å². The van der Waals surface area contributed by atoms with E-state index in [9.17, 15) is 9.59 Å². The fourth-order valence-electron chi connectivity index (χ4n) is 3.67. The molecule has 160 valence electrons. The van der Waals surface area contributed by atoms with Crippen molar-refractivity contribution in [2.24, 2.45) is 5.92 Å². The van der Waals surface area contributed by atoms with Gasteiger partial charge in [0.1, 0.15) is 11.3 Å². The highest BCUT2D eigenvalue weighted by atomic mass is 16.1. The summed E-state index contributed by atoms with van der Waals surface area (Å²) in [5.41, 5.74) is 2.22. The number of aryl methyl sites for hydroxylation is 1. The Balaban J connectivity index is 1.40. The van der Waals surface area contributed by atoms with E-state index in [1.807, 2.05) is 30.3 Å². The lowest BCUT2D eigenvalue weighted by Gasteiger charge is -2.18. The largest absolute Gasteiger partial charge is 0.346 e. The number of para-hydroxylation sites is 2. The zero-order chi connectivity index (χ0) is 21.8. The number of aromatic nitrogens is 5. The Morgan fingerprint density at radius 1 is 1.10 bits per heavy atom. The second kappa shape index (κ2) is 9.07. The van der Waals surface area contributed by atoms with Crippen LogP contribution in [0.1, 0.15) is 45.0 Å². The van der Waals surface area contributed by atoms with Gasteiger partial charge >= 0.3 is 0 Å². The number of hydrogen-bond donors (Lipinski definition) is 2. The first kappa shape index (κ1) is 20.7. The Kier molecular flexibility index (Phi) is 6.06. The highest BCUT2D eigenvalue weighted by Crippen LogP contribution is 2.22. The number of aromatic amines is 1. The summed E-state index contributed by atoms with van der Waals surface area (Å²) >= 11 is 0. The lowest BCUT2D eigenvalue weighted by molar-refractivity contribution is -0.122. The van der Waals surface area contributed by atoms with Gasteiger partial charge in [-0.3, -0.25) is 9.59 Å². The smallest absolute Gasteiger partial charge is 0.277 e. The quantitative estimate of drug-likeness (QED) is 0.456. The molecule has 8 nitrogen and oxygen atoms in total. The molecular formula is C23H26N6O2. The van der Waals surface area contributed by atoms with Gasteiger partial charge in [-0.05, 0) is 43.0 Å². The average Bonchev–Trinajstić information content (AvgIpc) is 3.19. The number of fused-ring (bicyclic) bond motifs is 2. The van der Waals surface area contributed by atoms with E-state index in [2.05, 4.69) is 39.4 Å². The number of nitrogens with zero attached hydrogens (tertiary/aromatic N) is 4. The standard InChI is InChI=1S/C23H26N6O2/c1-15(2)14-20(22-25-18-10-5-6-11-19(18)26-22)24-21(30)12-7-13-29-23(31)16-8-3-4-9-17(16)27-28-29/h3-6,8-11,15,20H,7,12-14H2,1-2H3,(H,24,30)(H,25,26)/t20-/m0/s1. The van der Waals surface area contributed by atoms with Crippen molar-refractivity contribution in [2.75, 3.05) is 0 Å². The van der Waals surface area contributed by atoms with Crippen LogP contribution in [0, 0.1) is 5.92 Å². The maximum atomic E-state index is 12.6. The molecule has 0 radical (unpaired) electrons. The summed E-state index contributed by atoms with van der Waals surface area (Å²) in [7, 11) is 0. The number of benzene rings is 2. The molecule has 2 N–H and O–H groups in total. The molecule has 0 saturated carbocycles. The van der Waals surface area contributed by atoms with Gasteiger partial charge in [-0.2, -0.15) is 0 Å². The zero-order valence-corrected chi connectivity index (χ0v) is 17.7. The van der Waals surface area contributed by atoms with Crippen LogP contribution in [0.3, 0.4) is 0 Å². The van der Waals surface area contributed by atoms with Gasteiger partial charge in [0.05, 0.1) is 22.5 Å². The minimum Gasteiger partial charge on any atom is -0.346 e. The van der Waals surface area contributed by atoms with Crippen LogP contribution in [0.2, 0.25) is 0 Å². The van der Waals surface area contributed by atoms with Crippen molar-refractivity contribution in [1.82, 2.24) is 30.3 Å². The fourth-order valence-corrected chi connectivity index (χ4v) is 3.67. The summed E-state index contributed by atoms with van der Waals surface area (Å²) in [5, 5.41) is 11.7. The SMILES string of the molecule is CC(C)C[C@H](NC(=O)CCCn1nnc2ccccc2c1=O)c1nc2ccccc2[nH]1. The third-order valence-corrected chi connectivity index (χ3v) is 5.18. The summed E-state index contributed by atoms with van der Waals surface area (Å²) in [6.45, 7) is 4.57. The number of carbonyl (C=O) groups excluding carboxylic acids is 1. The molecule has 2 aromatic carbocycles. The topological polar surface area (TPSA) is 106 Å². The summed E-state index contributed by atoms with van der Waals surface area (Å²) < 4.78 is 1.32. The predicted octanol–water partition coefficient (Wildman–Crippen LogP) is 3.35. The van der Waals surface area contributed by atoms with Crippen LogP contribution in [0.15, 0.2) is 53.3 Å². The van der Waals surface area contributed by atoms with Crippen molar-refractivity contribution in [3.8, 4) is 0 Å². The third kappa shape index (κ3) is 4.79. The molecule has 4 aromatic rings. The second-order valence-electron chi connectivity index (χ2n) is 8.13. The number of imidazole rings is 1. The maximum Gasteiger partial charge on any atom is 0.277 e. The van der Waals surface area contributed by atoms with Crippen molar-refractivity contribution >= 4 is 27.8 Å². The lowest BCUT2D eigenvalue weighted by Crippen LogP contribution is -2.31. The predicted molar refractivity (Wildman–Crippen MR) is 119 cm³/mol. The van der Waals surface area contributed by atoms with Crippen LogP contribution in [0.25, 0.3) is 21.9 Å². The Morgan fingerprint density at radius 2 is 1.84 bits per heavy atom. The van der Waals surface area contributed by atoms with Gasteiger partial charge in [0.2, 0.25) is 5.91 Å². The molecule has 0 aliphatic carbocycles. The monoisotopic (exact) mass is 418 g/mol. The van der Waals surface area contributed by atoms with Crippen molar-refractivity contribution < 1.29 is 4.79 Å². The Hall–Kier alpha value is -3.55. The van der Waals surface area contributed by atoms with E-state index in [4.69, 9.17) is 0 Å². The van der Waals surface area contributed by atoms with E-state index in [-0.39, 0.29) is 23.9 Å². The van der Waals surface area contributed by atoms with Crippen LogP contribution in [-0.2, 0) is 11.3 Å². The second-order valence-corrected chi connectivity index (χ2v) is 8.13. The molecule has 1 atom stereocenters. The average molecular weight is 419 g/mol. The van der Waals surface area contributed by atoms with Gasteiger partial charge in [-0.1, -0.05) is 43.3 Å². The van der Waals surface area contributed by atoms with E-state index in [1.165, 1.54) is 4.68 Å². The first-order valence-corrected chi connectivity index (χ1v) is 10.6. The number of hydrogen-bond acceptors (Lipinski definition) is 5. The van der Waals surface area contributed by atoms with Crippen molar-refractivity contribution in [3.05, 3.63) is 64.7 Å². The summed E-state index contributed by atoms with van der Waals surface area (Å²) in [6.07, 6.45) is 1.56. The van der Waals surface area contributed by atoms with E-state index in [0.717, 1.165) is 23.3 Å². The molecule has 0 spiro atoms. The summed E-state index contributed by atoms with van der Waals surface area (Å²) in [5.74, 6) is 1.08. The Bertz CT molecular complexity index is 1230. The molecule has 0 aliphatic rings. The van der Waals surface area contributed by atoms with Gasteiger partial charge in [0.15, 0.2) is 0 Å². The lowest BCUT2D eigenvalue weighted by atomic mass is 10.0. The first-order valence-electron chi connectivity index (χ1n) is 10.6. The molecule has 0 fully saturated rings. The van der Waals surface area contributed by atoms with Crippen LogP contribution in [0.5, 0.6) is 0 Å². The van der Waals surface area contributed by atoms with Gasteiger partial charge in [0.25, 0.3) is 5.56 Å². The van der Waals surface area contributed by atoms with E-state index in [0.29, 0.717) is 29.8 Å². The molecule has 8 heteroatoms. The molecule has 1 amide bonds. The number of rotatable bonds is 8. The fraction of sp³-hybridized carbons (Fsp3) is 0.348. The van der Waals surface area contributed by atoms with Crippen molar-refractivity contribution in [3.63, 3.8) is 0 Å². The van der Waals surface area contributed by atoms with Gasteiger partial charge < -0.3 is 10.3 Å². The van der Waals surface area contributed by atoms with Gasteiger partial charge in [0, 0.05) is 13.0 Å². The summed E-state index contributed by atoms with van der Waals surface area (Å²) in [6, 6.07) is 14.8. The minimum atomic E-state index is -0.192.